The van der Waals surface area contributed by atoms with Crippen molar-refractivity contribution >= 4 is 17.5 Å². The van der Waals surface area contributed by atoms with Gasteiger partial charge in [-0.1, -0.05) is 13.0 Å². The summed E-state index contributed by atoms with van der Waals surface area (Å²) >= 11 is 0. The second-order valence-corrected chi connectivity index (χ2v) is 6.12. The zero-order valence-electron chi connectivity index (χ0n) is 13.8. The molecule has 0 spiro atoms. The molecule has 2 amide bonds. The summed E-state index contributed by atoms with van der Waals surface area (Å²) in [5.41, 5.74) is 1.29. The number of nitrogens with one attached hydrogen (secondary N) is 3. The van der Waals surface area contributed by atoms with Crippen molar-refractivity contribution < 1.29 is 9.59 Å². The number of amides is 2. The molecular weight excluding hydrogens is 290 g/mol. The Labute approximate surface area is 137 Å². The first kappa shape index (κ1) is 17.2. The number of hydrogen-bond acceptors (Lipinski definition) is 3. The Morgan fingerprint density at radius 2 is 1.96 bits per heavy atom. The molecule has 0 saturated heterocycles. The highest BCUT2D eigenvalue weighted by Crippen LogP contribution is 2.24. The molecule has 0 radical (unpaired) electrons. The number of likely N-dealkylation sites (N-methyl/N-ethyl adjacent to an activating group) is 1. The molecule has 1 fully saturated rings. The largest absolute Gasteiger partial charge is 0.349 e. The lowest BCUT2D eigenvalue weighted by atomic mass is 10.1. The Bertz CT molecular complexity index is 566. The van der Waals surface area contributed by atoms with Gasteiger partial charge in [-0.05, 0) is 56.5 Å². The summed E-state index contributed by atoms with van der Waals surface area (Å²) in [6.07, 6.45) is 6.52. The van der Waals surface area contributed by atoms with Crippen LogP contribution in [0.2, 0.25) is 0 Å². The third-order valence-corrected chi connectivity index (χ3v) is 4.04. The van der Waals surface area contributed by atoms with Gasteiger partial charge < -0.3 is 16.0 Å². The van der Waals surface area contributed by atoms with Gasteiger partial charge >= 0.3 is 0 Å². The zero-order chi connectivity index (χ0) is 16.7. The van der Waals surface area contributed by atoms with E-state index in [9.17, 15) is 9.59 Å². The van der Waals surface area contributed by atoms with Crippen molar-refractivity contribution in [2.75, 3.05) is 18.9 Å². The third kappa shape index (κ3) is 5.53. The lowest BCUT2D eigenvalue weighted by molar-refractivity contribution is -0.111. The zero-order valence-corrected chi connectivity index (χ0v) is 13.8. The summed E-state index contributed by atoms with van der Waals surface area (Å²) in [7, 11) is 1.82. The van der Waals surface area contributed by atoms with Crippen LogP contribution in [0.5, 0.6) is 0 Å². The van der Waals surface area contributed by atoms with Crippen LogP contribution in [-0.4, -0.2) is 31.4 Å². The Morgan fingerprint density at radius 1 is 1.22 bits per heavy atom. The third-order valence-electron chi connectivity index (χ3n) is 4.04. The predicted octanol–water partition coefficient (Wildman–Crippen LogP) is 2.32. The summed E-state index contributed by atoms with van der Waals surface area (Å²) < 4.78 is 0. The van der Waals surface area contributed by atoms with Gasteiger partial charge in [0.15, 0.2) is 0 Å². The fourth-order valence-electron chi connectivity index (χ4n) is 2.78. The number of carbonyl (C=O) groups is 2. The predicted molar refractivity (Wildman–Crippen MR) is 92.4 cm³/mol. The van der Waals surface area contributed by atoms with Crippen LogP contribution in [0, 0.1) is 5.92 Å². The average Bonchev–Trinajstić information content (AvgIpc) is 2.93. The van der Waals surface area contributed by atoms with Crippen molar-refractivity contribution in [3.63, 3.8) is 0 Å². The molecule has 1 aromatic rings. The minimum Gasteiger partial charge on any atom is -0.349 e. The molecular formula is C18H25N3O2. The van der Waals surface area contributed by atoms with Gasteiger partial charge in [0.05, 0.1) is 0 Å². The highest BCUT2D eigenvalue weighted by molar-refractivity contribution is 6.00. The summed E-state index contributed by atoms with van der Waals surface area (Å²) in [5.74, 6) is 0.460. The Balaban J connectivity index is 1.86. The molecule has 1 aliphatic carbocycles. The molecule has 124 valence electrons. The van der Waals surface area contributed by atoms with Crippen molar-refractivity contribution in [2.24, 2.45) is 5.92 Å². The molecule has 23 heavy (non-hydrogen) atoms. The maximum absolute atomic E-state index is 12.2. The summed E-state index contributed by atoms with van der Waals surface area (Å²) in [4.78, 5) is 23.9. The van der Waals surface area contributed by atoms with Crippen molar-refractivity contribution in [3.8, 4) is 0 Å². The van der Waals surface area contributed by atoms with Gasteiger partial charge in [-0.25, -0.2) is 0 Å². The molecule has 5 nitrogen and oxygen atoms in total. The van der Waals surface area contributed by atoms with E-state index in [1.165, 1.54) is 12.5 Å². The summed E-state index contributed by atoms with van der Waals surface area (Å²) in [6, 6.07) is 7.25. The maximum atomic E-state index is 12.2. The smallest absolute Gasteiger partial charge is 0.251 e. The molecule has 1 saturated carbocycles. The molecule has 2 atom stereocenters. The first-order chi connectivity index (χ1) is 11.1. The topological polar surface area (TPSA) is 70.2 Å². The van der Waals surface area contributed by atoms with Crippen LogP contribution in [0.3, 0.4) is 0 Å². The lowest BCUT2D eigenvalue weighted by Gasteiger charge is -2.12. The Morgan fingerprint density at radius 3 is 2.57 bits per heavy atom. The monoisotopic (exact) mass is 315 g/mol. The SMILES string of the molecule is CNC/C=C/C(=O)Nc1ccc(C(=O)N[C@@H]2CC[C@H](C)C2)cc1. The van der Waals surface area contributed by atoms with Crippen LogP contribution in [-0.2, 0) is 4.79 Å². The van der Waals surface area contributed by atoms with E-state index < -0.39 is 0 Å². The van der Waals surface area contributed by atoms with E-state index in [-0.39, 0.29) is 17.9 Å². The van der Waals surface area contributed by atoms with Crippen molar-refractivity contribution in [1.29, 1.82) is 0 Å². The Hall–Kier alpha value is -2.14. The van der Waals surface area contributed by atoms with E-state index in [1.54, 1.807) is 30.3 Å². The van der Waals surface area contributed by atoms with Crippen molar-refractivity contribution in [3.05, 3.63) is 42.0 Å². The first-order valence-corrected chi connectivity index (χ1v) is 8.11. The molecule has 1 aliphatic rings. The van der Waals surface area contributed by atoms with E-state index in [4.69, 9.17) is 0 Å². The molecule has 0 aromatic heterocycles. The van der Waals surface area contributed by atoms with Crippen molar-refractivity contribution in [2.45, 2.75) is 32.2 Å². The van der Waals surface area contributed by atoms with Gasteiger partial charge in [0.1, 0.15) is 0 Å². The number of anilines is 1. The molecule has 0 aliphatic heterocycles. The second-order valence-electron chi connectivity index (χ2n) is 6.12. The molecule has 3 N–H and O–H groups in total. The number of benzene rings is 1. The highest BCUT2D eigenvalue weighted by atomic mass is 16.2. The van der Waals surface area contributed by atoms with Crippen LogP contribution in [0.4, 0.5) is 5.69 Å². The van der Waals surface area contributed by atoms with Gasteiger partial charge in [0, 0.05) is 29.9 Å². The standard InChI is InChI=1S/C18H25N3O2/c1-13-5-8-16(12-13)21-18(23)14-6-9-15(10-7-14)20-17(22)4-3-11-19-2/h3-4,6-7,9-10,13,16,19H,5,8,11-12H2,1-2H3,(H,20,22)(H,21,23)/b4-3+/t13-,16+/m0/s1. The van der Waals surface area contributed by atoms with E-state index >= 15 is 0 Å². The van der Waals surface area contributed by atoms with Gasteiger partial charge in [0.2, 0.25) is 5.91 Å². The molecule has 2 rings (SSSR count). The molecule has 0 heterocycles. The van der Waals surface area contributed by atoms with E-state index in [1.807, 2.05) is 7.05 Å². The summed E-state index contributed by atoms with van der Waals surface area (Å²) in [5, 5.41) is 8.76. The molecule has 1 aromatic carbocycles. The van der Waals surface area contributed by atoms with Crippen LogP contribution in [0.15, 0.2) is 36.4 Å². The fourth-order valence-corrected chi connectivity index (χ4v) is 2.78. The normalized spacial score (nSPS) is 20.6. The van der Waals surface area contributed by atoms with Gasteiger partial charge in [-0.15, -0.1) is 0 Å². The quantitative estimate of drug-likeness (QED) is 0.706. The number of carbonyl (C=O) groups excluding carboxylic acids is 2. The molecule has 5 heteroatoms. The molecule has 0 unspecified atom stereocenters. The van der Waals surface area contributed by atoms with Crippen LogP contribution >= 0.6 is 0 Å². The van der Waals surface area contributed by atoms with Crippen LogP contribution in [0.1, 0.15) is 36.5 Å². The lowest BCUT2D eigenvalue weighted by Crippen LogP contribution is -2.32. The second kappa shape index (κ2) is 8.48. The first-order valence-electron chi connectivity index (χ1n) is 8.11. The maximum Gasteiger partial charge on any atom is 0.251 e. The van der Waals surface area contributed by atoms with Gasteiger partial charge in [-0.3, -0.25) is 9.59 Å². The number of rotatable bonds is 6. The van der Waals surface area contributed by atoms with Crippen molar-refractivity contribution in [1.82, 2.24) is 10.6 Å². The van der Waals surface area contributed by atoms with Crippen LogP contribution in [0.25, 0.3) is 0 Å². The van der Waals surface area contributed by atoms with Gasteiger partial charge in [0.25, 0.3) is 5.91 Å². The highest BCUT2D eigenvalue weighted by Gasteiger charge is 2.22. The van der Waals surface area contributed by atoms with E-state index in [0.29, 0.717) is 23.7 Å². The summed E-state index contributed by atoms with van der Waals surface area (Å²) in [6.45, 7) is 2.86. The minimum absolute atomic E-state index is 0.0455. The van der Waals surface area contributed by atoms with E-state index in [2.05, 4.69) is 22.9 Å². The molecule has 0 bridgehead atoms. The average molecular weight is 315 g/mol. The van der Waals surface area contributed by atoms with Gasteiger partial charge in [-0.2, -0.15) is 0 Å². The minimum atomic E-state index is -0.183. The van der Waals surface area contributed by atoms with Crippen LogP contribution < -0.4 is 16.0 Å². The number of hydrogen-bond donors (Lipinski definition) is 3. The fraction of sp³-hybridized carbons (Fsp3) is 0.444. The van der Waals surface area contributed by atoms with E-state index in [0.717, 1.165) is 12.8 Å². The Kier molecular flexibility index (Phi) is 6.35.